The van der Waals surface area contributed by atoms with Crippen molar-refractivity contribution in [3.8, 4) is 0 Å². The van der Waals surface area contributed by atoms with Crippen LogP contribution in [0.25, 0.3) is 0 Å². The molecule has 0 amide bonds. The molecule has 0 aliphatic carbocycles. The van der Waals surface area contributed by atoms with Gasteiger partial charge in [0.1, 0.15) is 0 Å². The smallest absolute Gasteiger partial charge is 0.0673 e. The summed E-state index contributed by atoms with van der Waals surface area (Å²) >= 11 is 0. The van der Waals surface area contributed by atoms with Gasteiger partial charge in [0.05, 0.1) is 11.7 Å². The van der Waals surface area contributed by atoms with Crippen LogP contribution in [0.3, 0.4) is 0 Å². The molecule has 1 aromatic heterocycles. The minimum absolute atomic E-state index is 0.0551. The van der Waals surface area contributed by atoms with Gasteiger partial charge in [0.2, 0.25) is 0 Å². The summed E-state index contributed by atoms with van der Waals surface area (Å²) in [5, 5.41) is 0. The van der Waals surface area contributed by atoms with Crippen LogP contribution in [-0.4, -0.2) is 54.1 Å². The van der Waals surface area contributed by atoms with E-state index < -0.39 is 0 Å². The van der Waals surface area contributed by atoms with E-state index in [-0.39, 0.29) is 12.1 Å². The van der Waals surface area contributed by atoms with Crippen LogP contribution in [0.2, 0.25) is 0 Å². The molecule has 108 valence electrons. The van der Waals surface area contributed by atoms with Gasteiger partial charge in [-0.1, -0.05) is 13.0 Å². The summed E-state index contributed by atoms with van der Waals surface area (Å²) in [5.74, 6) is 0. The van der Waals surface area contributed by atoms with Gasteiger partial charge in [0.15, 0.2) is 0 Å². The Kier molecular flexibility index (Phi) is 6.42. The van der Waals surface area contributed by atoms with Crippen molar-refractivity contribution in [3.05, 3.63) is 30.1 Å². The first-order valence-corrected chi connectivity index (χ1v) is 7.04. The van der Waals surface area contributed by atoms with E-state index in [9.17, 15) is 0 Å². The third kappa shape index (κ3) is 4.56. The molecule has 2 N–H and O–H groups in total. The van der Waals surface area contributed by atoms with Gasteiger partial charge in [-0.25, -0.2) is 0 Å². The van der Waals surface area contributed by atoms with E-state index in [0.29, 0.717) is 6.04 Å². The molecule has 4 nitrogen and oxygen atoms in total. The lowest BCUT2D eigenvalue weighted by Gasteiger charge is -2.38. The second-order valence-electron chi connectivity index (χ2n) is 5.50. The van der Waals surface area contributed by atoms with Crippen molar-refractivity contribution >= 4 is 0 Å². The van der Waals surface area contributed by atoms with Gasteiger partial charge in [-0.05, 0) is 46.6 Å². The van der Waals surface area contributed by atoms with E-state index in [4.69, 9.17) is 5.73 Å². The average molecular weight is 264 g/mol. The Morgan fingerprint density at radius 2 is 1.95 bits per heavy atom. The zero-order valence-corrected chi connectivity index (χ0v) is 12.9. The maximum Gasteiger partial charge on any atom is 0.0673 e. The average Bonchev–Trinajstić information content (AvgIpc) is 2.35. The van der Waals surface area contributed by atoms with Crippen LogP contribution < -0.4 is 5.73 Å². The number of likely N-dealkylation sites (N-methyl/N-ethyl adjacent to an activating group) is 2. The topological polar surface area (TPSA) is 45.4 Å². The Balaban J connectivity index is 2.96. The monoisotopic (exact) mass is 264 g/mol. The molecule has 3 unspecified atom stereocenters. The molecular weight excluding hydrogens is 236 g/mol. The highest BCUT2D eigenvalue weighted by Crippen LogP contribution is 2.23. The Labute approximate surface area is 117 Å². The number of rotatable bonds is 7. The highest BCUT2D eigenvalue weighted by atomic mass is 15.2. The van der Waals surface area contributed by atoms with Crippen LogP contribution in [0.4, 0.5) is 0 Å². The van der Waals surface area contributed by atoms with Crippen molar-refractivity contribution in [2.75, 3.05) is 27.2 Å². The van der Waals surface area contributed by atoms with Crippen molar-refractivity contribution in [2.45, 2.75) is 38.9 Å². The Morgan fingerprint density at radius 3 is 2.37 bits per heavy atom. The molecule has 0 spiro atoms. The van der Waals surface area contributed by atoms with Crippen molar-refractivity contribution < 1.29 is 0 Å². The molecule has 0 aliphatic rings. The first-order valence-electron chi connectivity index (χ1n) is 7.04. The first-order chi connectivity index (χ1) is 8.97. The third-order valence-corrected chi connectivity index (χ3v) is 3.41. The molecule has 0 saturated heterocycles. The summed E-state index contributed by atoms with van der Waals surface area (Å²) in [4.78, 5) is 9.15. The lowest BCUT2D eigenvalue weighted by Crippen LogP contribution is -2.47. The van der Waals surface area contributed by atoms with Gasteiger partial charge in [0.25, 0.3) is 0 Å². The lowest BCUT2D eigenvalue weighted by molar-refractivity contribution is 0.111. The summed E-state index contributed by atoms with van der Waals surface area (Å²) in [5.41, 5.74) is 7.28. The zero-order chi connectivity index (χ0) is 14.4. The molecule has 1 heterocycles. The Morgan fingerprint density at radius 1 is 1.26 bits per heavy atom. The minimum Gasteiger partial charge on any atom is -0.326 e. The second-order valence-corrected chi connectivity index (χ2v) is 5.50. The third-order valence-electron chi connectivity index (χ3n) is 3.41. The largest absolute Gasteiger partial charge is 0.326 e. The number of nitrogens with two attached hydrogens (primary N) is 1. The summed E-state index contributed by atoms with van der Waals surface area (Å²) in [6.45, 7) is 8.48. The van der Waals surface area contributed by atoms with Crippen molar-refractivity contribution in [3.63, 3.8) is 0 Å². The predicted molar refractivity (Wildman–Crippen MR) is 81.0 cm³/mol. The normalized spacial score (nSPS) is 16.6. The summed E-state index contributed by atoms with van der Waals surface area (Å²) in [6, 6.07) is 6.71. The van der Waals surface area contributed by atoms with E-state index in [1.807, 2.05) is 18.3 Å². The minimum atomic E-state index is 0.0551. The van der Waals surface area contributed by atoms with Crippen LogP contribution in [-0.2, 0) is 0 Å². The fraction of sp³-hybridized carbons (Fsp3) is 0.667. The van der Waals surface area contributed by atoms with Crippen LogP contribution in [0.1, 0.15) is 32.5 Å². The second kappa shape index (κ2) is 7.58. The van der Waals surface area contributed by atoms with Crippen molar-refractivity contribution in [2.24, 2.45) is 5.73 Å². The molecule has 1 rings (SSSR count). The molecular formula is C15H28N4. The molecule has 3 atom stereocenters. The van der Waals surface area contributed by atoms with E-state index in [1.54, 1.807) is 0 Å². The van der Waals surface area contributed by atoms with Crippen LogP contribution in [0, 0.1) is 0 Å². The molecule has 0 saturated carbocycles. The van der Waals surface area contributed by atoms with Gasteiger partial charge in [-0.3, -0.25) is 9.88 Å². The maximum absolute atomic E-state index is 6.22. The summed E-state index contributed by atoms with van der Waals surface area (Å²) in [6.07, 6.45) is 1.84. The van der Waals surface area contributed by atoms with Gasteiger partial charge in [-0.2, -0.15) is 0 Å². The molecule has 0 bridgehead atoms. The predicted octanol–water partition coefficient (Wildman–Crippen LogP) is 1.74. The lowest BCUT2D eigenvalue weighted by atomic mass is 10.0. The van der Waals surface area contributed by atoms with Crippen molar-refractivity contribution in [1.29, 1.82) is 0 Å². The van der Waals surface area contributed by atoms with E-state index in [2.05, 4.69) is 55.7 Å². The number of pyridine rings is 1. The zero-order valence-electron chi connectivity index (χ0n) is 12.9. The fourth-order valence-corrected chi connectivity index (χ4v) is 2.71. The standard InChI is InChI=1S/C15H28N4/c1-6-19(12(2)11-18(4)5)15(13(3)16)14-9-7-8-10-17-14/h7-10,12-13,15H,6,11,16H2,1-5H3. The highest BCUT2D eigenvalue weighted by Gasteiger charge is 2.27. The highest BCUT2D eigenvalue weighted by molar-refractivity contribution is 5.11. The van der Waals surface area contributed by atoms with E-state index in [1.165, 1.54) is 0 Å². The molecule has 0 aromatic carbocycles. The quantitative estimate of drug-likeness (QED) is 0.815. The fourth-order valence-electron chi connectivity index (χ4n) is 2.71. The van der Waals surface area contributed by atoms with Crippen LogP contribution >= 0.6 is 0 Å². The first kappa shape index (κ1) is 16.1. The van der Waals surface area contributed by atoms with Crippen LogP contribution in [0.15, 0.2) is 24.4 Å². The molecule has 1 aromatic rings. The number of hydrogen-bond acceptors (Lipinski definition) is 4. The molecule has 0 aliphatic heterocycles. The van der Waals surface area contributed by atoms with Gasteiger partial charge >= 0.3 is 0 Å². The van der Waals surface area contributed by atoms with Crippen molar-refractivity contribution in [1.82, 2.24) is 14.8 Å². The summed E-state index contributed by atoms with van der Waals surface area (Å²) < 4.78 is 0. The van der Waals surface area contributed by atoms with E-state index in [0.717, 1.165) is 18.8 Å². The SMILES string of the molecule is CCN(C(C)CN(C)C)C(c1ccccn1)C(C)N. The Hall–Kier alpha value is -0.970. The van der Waals surface area contributed by atoms with Gasteiger partial charge in [0, 0.05) is 24.8 Å². The molecule has 0 radical (unpaired) electrons. The molecule has 0 fully saturated rings. The molecule has 4 heteroatoms. The van der Waals surface area contributed by atoms with Gasteiger partial charge < -0.3 is 10.6 Å². The number of nitrogens with zero attached hydrogens (tertiary/aromatic N) is 3. The molecule has 19 heavy (non-hydrogen) atoms. The van der Waals surface area contributed by atoms with Gasteiger partial charge in [-0.15, -0.1) is 0 Å². The van der Waals surface area contributed by atoms with E-state index >= 15 is 0 Å². The Bertz CT molecular complexity index is 350. The number of aromatic nitrogens is 1. The number of hydrogen-bond donors (Lipinski definition) is 1. The summed E-state index contributed by atoms with van der Waals surface area (Å²) in [7, 11) is 4.21. The van der Waals surface area contributed by atoms with Crippen LogP contribution in [0.5, 0.6) is 0 Å². The maximum atomic E-state index is 6.22.